The maximum Gasteiger partial charge on any atom is 0.261 e. The maximum absolute atomic E-state index is 12.1. The number of pyridine rings is 1. The molecular formula is C13H14N2O3S. The molecule has 1 aromatic carbocycles. The van der Waals surface area contributed by atoms with Crippen LogP contribution < -0.4 is 4.72 Å². The van der Waals surface area contributed by atoms with Gasteiger partial charge >= 0.3 is 0 Å². The van der Waals surface area contributed by atoms with Crippen molar-refractivity contribution in [2.75, 3.05) is 11.3 Å². The highest BCUT2D eigenvalue weighted by atomic mass is 32.2. The van der Waals surface area contributed by atoms with Crippen LogP contribution in [0.5, 0.6) is 0 Å². The van der Waals surface area contributed by atoms with Crippen LogP contribution in [0.2, 0.25) is 0 Å². The highest BCUT2D eigenvalue weighted by molar-refractivity contribution is 7.92. The number of benzene rings is 1. The normalized spacial score (nSPS) is 11.2. The molecule has 0 bridgehead atoms. The van der Waals surface area contributed by atoms with E-state index in [0.29, 0.717) is 12.1 Å². The van der Waals surface area contributed by atoms with Gasteiger partial charge in [-0.15, -0.1) is 0 Å². The summed E-state index contributed by atoms with van der Waals surface area (Å²) in [5, 5.41) is 8.81. The zero-order valence-corrected chi connectivity index (χ0v) is 11.0. The molecule has 0 aliphatic rings. The Morgan fingerprint density at radius 3 is 2.47 bits per heavy atom. The van der Waals surface area contributed by atoms with Gasteiger partial charge in [0.05, 0.1) is 16.8 Å². The zero-order chi connectivity index (χ0) is 13.7. The van der Waals surface area contributed by atoms with E-state index in [9.17, 15) is 8.42 Å². The Bertz CT molecular complexity index is 625. The number of nitrogens with one attached hydrogen (secondary N) is 1. The van der Waals surface area contributed by atoms with Crippen molar-refractivity contribution in [2.45, 2.75) is 11.3 Å². The number of aromatic nitrogens is 1. The van der Waals surface area contributed by atoms with Crippen molar-refractivity contribution in [2.24, 2.45) is 0 Å². The lowest BCUT2D eigenvalue weighted by Crippen LogP contribution is -2.13. The molecule has 0 saturated heterocycles. The predicted molar refractivity (Wildman–Crippen MR) is 72.3 cm³/mol. The summed E-state index contributed by atoms with van der Waals surface area (Å²) in [4.78, 5) is 4.02. The van der Waals surface area contributed by atoms with Gasteiger partial charge in [-0.25, -0.2) is 8.42 Å². The molecule has 0 saturated carbocycles. The van der Waals surface area contributed by atoms with E-state index in [1.165, 1.54) is 18.3 Å². The van der Waals surface area contributed by atoms with Crippen LogP contribution >= 0.6 is 0 Å². The molecule has 2 N–H and O–H groups in total. The first-order valence-corrected chi connectivity index (χ1v) is 7.23. The predicted octanol–water partition coefficient (Wildman–Crippen LogP) is 1.42. The van der Waals surface area contributed by atoms with Crippen LogP contribution in [0.1, 0.15) is 5.56 Å². The third-order valence-electron chi connectivity index (χ3n) is 2.55. The largest absolute Gasteiger partial charge is 0.396 e. The van der Waals surface area contributed by atoms with E-state index in [0.717, 1.165) is 5.56 Å². The molecule has 6 heteroatoms. The molecule has 0 fully saturated rings. The molecule has 0 atom stereocenters. The number of nitrogens with zero attached hydrogens (tertiary/aromatic N) is 1. The zero-order valence-electron chi connectivity index (χ0n) is 10.2. The van der Waals surface area contributed by atoms with Crippen molar-refractivity contribution < 1.29 is 13.5 Å². The van der Waals surface area contributed by atoms with Crippen LogP contribution in [-0.4, -0.2) is 25.1 Å². The van der Waals surface area contributed by atoms with Gasteiger partial charge in [-0.1, -0.05) is 12.1 Å². The molecule has 1 heterocycles. The Morgan fingerprint density at radius 1 is 1.16 bits per heavy atom. The number of hydrogen-bond donors (Lipinski definition) is 2. The molecule has 100 valence electrons. The molecule has 2 aromatic rings. The molecule has 0 aliphatic carbocycles. The Balaban J connectivity index is 2.20. The Kier molecular flexibility index (Phi) is 4.13. The number of aliphatic hydroxyl groups excluding tert-OH is 1. The molecule has 0 unspecified atom stereocenters. The monoisotopic (exact) mass is 278 g/mol. The van der Waals surface area contributed by atoms with Crippen LogP contribution in [0.25, 0.3) is 0 Å². The lowest BCUT2D eigenvalue weighted by molar-refractivity contribution is 0.299. The van der Waals surface area contributed by atoms with E-state index in [4.69, 9.17) is 5.11 Å². The molecule has 1 aromatic heterocycles. The quantitative estimate of drug-likeness (QED) is 0.867. The third kappa shape index (κ3) is 3.52. The van der Waals surface area contributed by atoms with Crippen LogP contribution in [0, 0.1) is 0 Å². The fourth-order valence-corrected chi connectivity index (χ4v) is 2.64. The van der Waals surface area contributed by atoms with Crippen LogP contribution in [0.3, 0.4) is 0 Å². The van der Waals surface area contributed by atoms with Gasteiger partial charge in [0.1, 0.15) is 0 Å². The first-order chi connectivity index (χ1) is 9.12. The van der Waals surface area contributed by atoms with Crippen LogP contribution in [-0.2, 0) is 16.4 Å². The minimum Gasteiger partial charge on any atom is -0.396 e. The summed E-state index contributed by atoms with van der Waals surface area (Å²) in [5.41, 5.74) is 1.31. The van der Waals surface area contributed by atoms with E-state index >= 15 is 0 Å². The summed E-state index contributed by atoms with van der Waals surface area (Å²) in [7, 11) is -3.60. The average Bonchev–Trinajstić information content (AvgIpc) is 2.40. The van der Waals surface area contributed by atoms with Gasteiger partial charge in [0.15, 0.2) is 0 Å². The van der Waals surface area contributed by atoms with Gasteiger partial charge in [0.25, 0.3) is 10.0 Å². The Hall–Kier alpha value is -1.92. The summed E-state index contributed by atoms with van der Waals surface area (Å²) < 4.78 is 26.6. The number of rotatable bonds is 5. The van der Waals surface area contributed by atoms with Gasteiger partial charge in [-0.05, 0) is 36.2 Å². The Morgan fingerprint density at radius 2 is 1.89 bits per heavy atom. The molecule has 0 radical (unpaired) electrons. The number of sulfonamides is 1. The fraction of sp³-hybridized carbons (Fsp3) is 0.154. The van der Waals surface area contributed by atoms with Crippen molar-refractivity contribution >= 4 is 15.7 Å². The molecule has 0 spiro atoms. The van der Waals surface area contributed by atoms with Crippen molar-refractivity contribution in [1.29, 1.82) is 0 Å². The lowest BCUT2D eigenvalue weighted by Gasteiger charge is -2.08. The van der Waals surface area contributed by atoms with E-state index in [-0.39, 0.29) is 11.5 Å². The second kappa shape index (κ2) is 5.81. The van der Waals surface area contributed by atoms with E-state index in [1.807, 2.05) is 0 Å². The van der Waals surface area contributed by atoms with Crippen LogP contribution in [0.15, 0.2) is 53.7 Å². The minimum absolute atomic E-state index is 0.0417. The first-order valence-electron chi connectivity index (χ1n) is 5.74. The highest BCUT2D eigenvalue weighted by Gasteiger charge is 2.13. The highest BCUT2D eigenvalue weighted by Crippen LogP contribution is 2.15. The van der Waals surface area contributed by atoms with Gasteiger partial charge < -0.3 is 5.11 Å². The van der Waals surface area contributed by atoms with Crippen molar-refractivity contribution in [3.63, 3.8) is 0 Å². The number of aliphatic hydroxyl groups is 1. The smallest absolute Gasteiger partial charge is 0.261 e. The third-order valence-corrected chi connectivity index (χ3v) is 3.95. The molecule has 0 amide bonds. The van der Waals surface area contributed by atoms with Gasteiger partial charge in [-0.3, -0.25) is 9.71 Å². The first kappa shape index (κ1) is 13.5. The second-order valence-electron chi connectivity index (χ2n) is 3.96. The van der Waals surface area contributed by atoms with Crippen molar-refractivity contribution in [3.05, 3.63) is 54.4 Å². The molecule has 2 rings (SSSR count). The summed E-state index contributed by atoms with van der Waals surface area (Å²) in [6.07, 6.45) is 3.52. The van der Waals surface area contributed by atoms with E-state index in [1.54, 1.807) is 30.5 Å². The van der Waals surface area contributed by atoms with Crippen LogP contribution in [0.4, 0.5) is 5.69 Å². The number of anilines is 1. The summed E-state index contributed by atoms with van der Waals surface area (Å²) in [5.74, 6) is 0. The topological polar surface area (TPSA) is 79.3 Å². The Labute approximate surface area is 112 Å². The van der Waals surface area contributed by atoms with E-state index < -0.39 is 10.0 Å². The summed E-state index contributed by atoms with van der Waals surface area (Å²) >= 11 is 0. The van der Waals surface area contributed by atoms with Gasteiger partial charge in [0, 0.05) is 12.8 Å². The molecule has 19 heavy (non-hydrogen) atoms. The maximum atomic E-state index is 12.1. The summed E-state index contributed by atoms with van der Waals surface area (Å²) in [6.45, 7) is 0.0417. The molecular weight excluding hydrogens is 264 g/mol. The summed E-state index contributed by atoms with van der Waals surface area (Å²) in [6, 6.07) is 9.70. The minimum atomic E-state index is -3.60. The number of hydrogen-bond acceptors (Lipinski definition) is 4. The lowest BCUT2D eigenvalue weighted by atomic mass is 10.2. The average molecular weight is 278 g/mol. The molecule has 0 aliphatic heterocycles. The van der Waals surface area contributed by atoms with Crippen molar-refractivity contribution in [3.8, 4) is 0 Å². The fourth-order valence-electron chi connectivity index (χ4n) is 1.60. The second-order valence-corrected chi connectivity index (χ2v) is 5.65. The van der Waals surface area contributed by atoms with E-state index in [2.05, 4.69) is 9.71 Å². The van der Waals surface area contributed by atoms with Crippen molar-refractivity contribution in [1.82, 2.24) is 4.98 Å². The van der Waals surface area contributed by atoms with Gasteiger partial charge in [-0.2, -0.15) is 0 Å². The standard InChI is InChI=1S/C13H14N2O3S/c16-9-7-11-3-5-13(6-4-11)19(17,18)15-12-2-1-8-14-10-12/h1-6,8,10,15-16H,7,9H2. The SMILES string of the molecule is O=S(=O)(Nc1cccnc1)c1ccc(CCO)cc1. The van der Waals surface area contributed by atoms with Gasteiger partial charge in [0.2, 0.25) is 0 Å². The molecule has 5 nitrogen and oxygen atoms in total.